The van der Waals surface area contributed by atoms with Crippen LogP contribution in [0.3, 0.4) is 0 Å². The molecule has 0 spiro atoms. The first-order valence-electron chi connectivity index (χ1n) is 26.1. The molecule has 0 aromatic carbocycles. The van der Waals surface area contributed by atoms with Crippen molar-refractivity contribution in [1.82, 2.24) is 0 Å². The van der Waals surface area contributed by atoms with Gasteiger partial charge in [0.1, 0.15) is 18.5 Å². The van der Waals surface area contributed by atoms with Crippen LogP contribution in [-0.4, -0.2) is 84.0 Å². The number of esters is 2. The molecule has 0 amide bonds. The van der Waals surface area contributed by atoms with Crippen LogP contribution in [0.5, 0.6) is 0 Å². The number of carboxylic acids is 1. The van der Waals surface area contributed by atoms with Gasteiger partial charge < -0.3 is 34.3 Å². The Bertz CT molecular complexity index is 1870. The van der Waals surface area contributed by atoms with E-state index in [9.17, 15) is 34.5 Å². The molecule has 6 aliphatic carbocycles. The second-order valence-electron chi connectivity index (χ2n) is 24.5. The molecular formula is C59H106O11Si. The number of Topliss-reactive ketones (excluding diaryl/α,β-unsaturated/α-hetero) is 1. The van der Waals surface area contributed by atoms with Crippen LogP contribution < -0.4 is 0 Å². The highest BCUT2D eigenvalue weighted by Gasteiger charge is 2.69. The molecule has 4 bridgehead atoms. The van der Waals surface area contributed by atoms with E-state index in [4.69, 9.17) is 14.3 Å². The second-order valence-corrected chi connectivity index (χ2v) is 29.9. The van der Waals surface area contributed by atoms with Gasteiger partial charge in [-0.25, -0.2) is 9.59 Å². The van der Waals surface area contributed by atoms with E-state index in [1.807, 2.05) is 6.92 Å². The summed E-state index contributed by atoms with van der Waals surface area (Å²) in [6, 6.07) is 0. The number of hydrogen-bond acceptors (Lipinski definition) is 10. The molecule has 412 valence electrons. The molecule has 15 atom stereocenters. The summed E-state index contributed by atoms with van der Waals surface area (Å²) in [7, 11) is -2.06. The number of ether oxygens (including phenoxy) is 2. The van der Waals surface area contributed by atoms with Crippen molar-refractivity contribution in [3.63, 3.8) is 0 Å². The van der Waals surface area contributed by atoms with Gasteiger partial charge in [0.2, 0.25) is 0 Å². The summed E-state index contributed by atoms with van der Waals surface area (Å²) in [5, 5.41) is 40.5. The third kappa shape index (κ3) is 11.3. The molecule has 0 saturated heterocycles. The minimum absolute atomic E-state index is 0. The third-order valence-electron chi connectivity index (χ3n) is 20.7. The van der Waals surface area contributed by atoms with E-state index in [-0.39, 0.29) is 73.6 Å². The van der Waals surface area contributed by atoms with Crippen molar-refractivity contribution in [1.29, 1.82) is 0 Å². The van der Waals surface area contributed by atoms with Gasteiger partial charge in [0, 0.05) is 41.9 Å². The molecule has 11 nitrogen and oxygen atoms in total. The van der Waals surface area contributed by atoms with Crippen molar-refractivity contribution >= 4 is 32.0 Å². The number of aliphatic hydroxyl groups excluding tert-OH is 3. The third-order valence-corrected chi connectivity index (χ3v) is 26.7. The molecule has 0 aliphatic heterocycles. The van der Waals surface area contributed by atoms with Gasteiger partial charge in [-0.15, -0.1) is 13.2 Å². The lowest BCUT2D eigenvalue weighted by atomic mass is 9.44. The predicted octanol–water partition coefficient (Wildman–Crippen LogP) is 13.3. The number of rotatable bonds is 11. The zero-order valence-electron chi connectivity index (χ0n) is 45.1. The van der Waals surface area contributed by atoms with Crippen molar-refractivity contribution in [2.24, 2.45) is 68.0 Å². The lowest BCUT2D eigenvalue weighted by Gasteiger charge is -2.61. The highest BCUT2D eigenvalue weighted by Crippen LogP contribution is 2.71. The molecule has 11 unspecified atom stereocenters. The Balaban J connectivity index is 0.000000600. The van der Waals surface area contributed by atoms with Gasteiger partial charge in [-0.1, -0.05) is 138 Å². The van der Waals surface area contributed by atoms with E-state index in [1.54, 1.807) is 6.08 Å². The maximum absolute atomic E-state index is 13.1. The molecule has 5 saturated carbocycles. The van der Waals surface area contributed by atoms with E-state index in [0.29, 0.717) is 47.2 Å². The number of hydrogen-bond donors (Lipinski definition) is 4. The number of ketones is 1. The predicted molar refractivity (Wildman–Crippen MR) is 291 cm³/mol. The highest BCUT2D eigenvalue weighted by molar-refractivity contribution is 6.77. The lowest BCUT2D eigenvalue weighted by molar-refractivity contribution is -0.207. The Kier molecular flexibility index (Phi) is 22.6. The second kappa shape index (κ2) is 24.2. The molecule has 6 aliphatic rings. The van der Waals surface area contributed by atoms with Crippen molar-refractivity contribution in [2.75, 3.05) is 13.2 Å². The zero-order chi connectivity index (χ0) is 51.9. The molecule has 0 aromatic heterocycles. The number of allylic oxidation sites excluding steroid dienone is 2. The van der Waals surface area contributed by atoms with E-state index in [2.05, 4.69) is 121 Å². The Morgan fingerprint density at radius 1 is 0.761 bits per heavy atom. The summed E-state index contributed by atoms with van der Waals surface area (Å²) >= 11 is 0. The van der Waals surface area contributed by atoms with Gasteiger partial charge >= 0.3 is 17.9 Å². The maximum Gasteiger partial charge on any atom is 0.341 e. The average Bonchev–Trinajstić information content (AvgIpc) is 3.84. The first-order chi connectivity index (χ1) is 31.3. The van der Waals surface area contributed by atoms with Crippen molar-refractivity contribution in [2.45, 2.75) is 232 Å². The van der Waals surface area contributed by atoms with Crippen LogP contribution in [0.2, 0.25) is 16.6 Å². The van der Waals surface area contributed by atoms with Crippen LogP contribution >= 0.6 is 0 Å². The summed E-state index contributed by atoms with van der Waals surface area (Å²) in [5.74, 6) is 0.534. The van der Waals surface area contributed by atoms with Crippen LogP contribution in [-0.2, 0) is 33.1 Å². The van der Waals surface area contributed by atoms with Crippen molar-refractivity contribution in [3.8, 4) is 0 Å². The summed E-state index contributed by atoms with van der Waals surface area (Å²) in [6.45, 7) is 42.8. The van der Waals surface area contributed by atoms with Gasteiger partial charge in [-0.2, -0.15) is 0 Å². The molecule has 4 N–H and O–H groups in total. The molecule has 71 heavy (non-hydrogen) atoms. The van der Waals surface area contributed by atoms with Crippen molar-refractivity contribution < 1.29 is 53.5 Å². The Labute approximate surface area is 433 Å². The van der Waals surface area contributed by atoms with E-state index in [0.717, 1.165) is 39.0 Å². The lowest BCUT2D eigenvalue weighted by Crippen LogP contribution is -2.63. The van der Waals surface area contributed by atoms with Crippen LogP contribution in [0.25, 0.3) is 0 Å². The van der Waals surface area contributed by atoms with Crippen LogP contribution in [0, 0.1) is 68.0 Å². The molecular weight excluding hydrogens is 913 g/mol. The number of aliphatic carboxylic acids is 1. The van der Waals surface area contributed by atoms with E-state index >= 15 is 0 Å². The number of carbonyl (C=O) groups excluding carboxylic acids is 3. The molecule has 0 heterocycles. The highest BCUT2D eigenvalue weighted by atomic mass is 28.4. The fourth-order valence-corrected chi connectivity index (χ4v) is 21.2. The Morgan fingerprint density at radius 3 is 1.76 bits per heavy atom. The van der Waals surface area contributed by atoms with Crippen molar-refractivity contribution in [3.05, 3.63) is 36.6 Å². The van der Waals surface area contributed by atoms with E-state index < -0.39 is 62.5 Å². The number of carboxylic acid groups (broad SMARTS) is 1. The quantitative estimate of drug-likeness (QED) is 0.0880. The largest absolute Gasteiger partial charge is 0.546 e. The monoisotopic (exact) mass is 1020 g/mol. The Hall–Kier alpha value is -2.80. The van der Waals surface area contributed by atoms with Gasteiger partial charge in [0.25, 0.3) is 8.32 Å². The number of carbonyl (C=O) groups is 4. The smallest absolute Gasteiger partial charge is 0.341 e. The minimum atomic E-state index is -2.06. The number of aliphatic hydroxyl groups is 3. The molecule has 0 aromatic rings. The first-order valence-corrected chi connectivity index (χ1v) is 28.2. The SMILES string of the molecule is C.C.C.C=CC1(C)C[C@H](O)C2(C)C3=C(O[Si](C(C)C)(C(C)C)C(C)C)CCC3(CCC2C)[C@@H](C)C1C.C=CC1(C)C[C@H](OC(=O)CO)C2(C)C(C)CCC3(CCC(=O)C32)[C@@H](C)C1O.CC(=O)OCC(=O)O. The van der Waals surface area contributed by atoms with Gasteiger partial charge in [-0.3, -0.25) is 9.59 Å². The van der Waals surface area contributed by atoms with Gasteiger partial charge in [-0.05, 0) is 119 Å². The standard InChI is InChI=1S/C30H54O2Si.C22H34O5.C4H6O4.3CH4/c1-13-28(11)18-26(31)29(12)22(8)14-16-30(24(10)23(28)9)17-15-25(27(29)30)32-33(19(2)3,20(4)5)21(6)7;1-6-20(4)11-16(27-17(25)12-23)21(5)13(2)7-9-22(14(3)19(20)26)10-8-15(24)18(21)22;1-3(5)8-2-4(6)7;;;/h13,19-24,26,31H,1,14-18H2,2-12H3;6,13-14,16,18-19,23,26H,1,7-12H2,2-5H3;2H2,1H3,(H,6,7);3*1H4/t22?,23?,24-,26-,28?,29?,30?;13?,14-,16-,18?,19?,20?,21?,22?;;;;/m00..../s1. The van der Waals surface area contributed by atoms with Gasteiger partial charge in [0.05, 0.1) is 18.0 Å². The summed E-state index contributed by atoms with van der Waals surface area (Å²) in [4.78, 5) is 44.7. The maximum atomic E-state index is 13.1. The van der Waals surface area contributed by atoms with Gasteiger partial charge in [0.15, 0.2) is 6.61 Å². The summed E-state index contributed by atoms with van der Waals surface area (Å²) in [6.07, 6.45) is 11.3. The summed E-state index contributed by atoms with van der Waals surface area (Å²) in [5.41, 5.74) is 1.66. The molecule has 5 fully saturated rings. The molecule has 12 heteroatoms. The fourth-order valence-electron chi connectivity index (χ4n) is 15.8. The summed E-state index contributed by atoms with van der Waals surface area (Å²) < 4.78 is 17.3. The van der Waals surface area contributed by atoms with Crippen LogP contribution in [0.15, 0.2) is 36.6 Å². The average molecular weight is 1020 g/mol. The van der Waals surface area contributed by atoms with Crippen LogP contribution in [0.4, 0.5) is 0 Å². The topological polar surface area (TPSA) is 177 Å². The molecule has 6 rings (SSSR count). The normalized spacial score (nSPS) is 39.3. The first kappa shape index (κ1) is 66.2. The zero-order valence-corrected chi connectivity index (χ0v) is 46.1. The molecule has 0 radical (unpaired) electrons. The fraction of sp³-hybridized carbons (Fsp3) is 0.831. The van der Waals surface area contributed by atoms with Crippen LogP contribution in [0.1, 0.15) is 197 Å². The Morgan fingerprint density at radius 2 is 1.30 bits per heavy atom. The minimum Gasteiger partial charge on any atom is -0.546 e. The van der Waals surface area contributed by atoms with E-state index in [1.165, 1.54) is 30.6 Å².